The third-order valence-electron chi connectivity index (χ3n) is 6.28. The zero-order valence-electron chi connectivity index (χ0n) is 19.0. The van der Waals surface area contributed by atoms with Gasteiger partial charge in [0, 0.05) is 19.0 Å². The van der Waals surface area contributed by atoms with E-state index in [-0.39, 0.29) is 17.9 Å². The quantitative estimate of drug-likeness (QED) is 0.607. The first kappa shape index (κ1) is 23.1. The van der Waals surface area contributed by atoms with E-state index in [1.807, 2.05) is 37.3 Å². The van der Waals surface area contributed by atoms with Gasteiger partial charge in [-0.25, -0.2) is 0 Å². The van der Waals surface area contributed by atoms with Gasteiger partial charge in [-0.1, -0.05) is 86.3 Å². The number of carbonyl (C=O) groups is 2. The number of amides is 2. The molecular weight excluding hydrogens is 384 g/mol. The molecule has 0 bridgehead atoms. The first-order valence-electron chi connectivity index (χ1n) is 11.8. The lowest BCUT2D eigenvalue weighted by atomic mass is 9.95. The predicted octanol–water partition coefficient (Wildman–Crippen LogP) is 5.18. The first-order valence-corrected chi connectivity index (χ1v) is 11.8. The molecule has 1 atom stereocenters. The van der Waals surface area contributed by atoms with E-state index < -0.39 is 6.04 Å². The van der Waals surface area contributed by atoms with Gasteiger partial charge in [0.2, 0.25) is 11.8 Å². The molecular formula is C27H36N2O2. The molecule has 1 saturated carbocycles. The summed E-state index contributed by atoms with van der Waals surface area (Å²) in [6.07, 6.45) is 7.39. The average molecular weight is 421 g/mol. The van der Waals surface area contributed by atoms with Crippen molar-refractivity contribution >= 4 is 11.8 Å². The summed E-state index contributed by atoms with van der Waals surface area (Å²) >= 11 is 0. The normalized spacial score (nSPS) is 15.3. The van der Waals surface area contributed by atoms with Crippen LogP contribution in [0.3, 0.4) is 0 Å². The van der Waals surface area contributed by atoms with Crippen molar-refractivity contribution < 1.29 is 9.59 Å². The van der Waals surface area contributed by atoms with Gasteiger partial charge in [0.25, 0.3) is 0 Å². The zero-order chi connectivity index (χ0) is 22.1. The van der Waals surface area contributed by atoms with E-state index in [1.165, 1.54) is 24.8 Å². The minimum absolute atomic E-state index is 0.00503. The smallest absolute Gasteiger partial charge is 0.243 e. The maximum absolute atomic E-state index is 13.3. The number of rotatable bonds is 9. The average Bonchev–Trinajstić information content (AvgIpc) is 2.80. The molecule has 4 heteroatoms. The van der Waals surface area contributed by atoms with Crippen LogP contribution in [0.15, 0.2) is 54.6 Å². The number of aryl methyl sites for hydroxylation is 2. The van der Waals surface area contributed by atoms with Crippen LogP contribution in [0.4, 0.5) is 0 Å². The van der Waals surface area contributed by atoms with Crippen LogP contribution >= 0.6 is 0 Å². The van der Waals surface area contributed by atoms with Crippen molar-refractivity contribution in [2.45, 2.75) is 83.8 Å². The van der Waals surface area contributed by atoms with E-state index >= 15 is 0 Å². The summed E-state index contributed by atoms with van der Waals surface area (Å²) in [5.74, 6) is 0.0321. The predicted molar refractivity (Wildman–Crippen MR) is 126 cm³/mol. The Balaban J connectivity index is 1.73. The van der Waals surface area contributed by atoms with Gasteiger partial charge in [-0.3, -0.25) is 9.59 Å². The molecule has 0 heterocycles. The minimum atomic E-state index is -0.438. The van der Waals surface area contributed by atoms with Crippen LogP contribution in [0.5, 0.6) is 0 Å². The summed E-state index contributed by atoms with van der Waals surface area (Å²) in [4.78, 5) is 28.3. The van der Waals surface area contributed by atoms with Crippen molar-refractivity contribution in [3.8, 4) is 0 Å². The second kappa shape index (κ2) is 11.7. The van der Waals surface area contributed by atoms with Gasteiger partial charge in [-0.05, 0) is 43.7 Å². The highest BCUT2D eigenvalue weighted by atomic mass is 16.2. The summed E-state index contributed by atoms with van der Waals surface area (Å²) in [7, 11) is 0. The molecule has 0 saturated heterocycles. The van der Waals surface area contributed by atoms with Crippen LogP contribution in [0.2, 0.25) is 0 Å². The molecule has 0 aliphatic heterocycles. The van der Waals surface area contributed by atoms with Gasteiger partial charge >= 0.3 is 0 Å². The highest BCUT2D eigenvalue weighted by Gasteiger charge is 2.30. The lowest BCUT2D eigenvalue weighted by Gasteiger charge is -2.33. The monoisotopic (exact) mass is 420 g/mol. The molecule has 1 aliphatic rings. The Labute approximate surface area is 187 Å². The van der Waals surface area contributed by atoms with Gasteiger partial charge < -0.3 is 10.2 Å². The van der Waals surface area contributed by atoms with E-state index in [1.54, 1.807) is 4.90 Å². The van der Waals surface area contributed by atoms with Crippen LogP contribution in [0, 0.1) is 6.92 Å². The molecule has 2 aromatic carbocycles. The third kappa shape index (κ3) is 6.95. The Morgan fingerprint density at radius 3 is 2.29 bits per heavy atom. The second-order valence-electron chi connectivity index (χ2n) is 8.76. The van der Waals surface area contributed by atoms with Gasteiger partial charge in [0.1, 0.15) is 6.04 Å². The number of hydrogen-bond acceptors (Lipinski definition) is 2. The Kier molecular flexibility index (Phi) is 8.69. The Bertz CT molecular complexity index is 826. The summed E-state index contributed by atoms with van der Waals surface area (Å²) in [5.41, 5.74) is 3.39. The van der Waals surface area contributed by atoms with Crippen molar-refractivity contribution in [1.82, 2.24) is 10.2 Å². The maximum Gasteiger partial charge on any atom is 0.243 e. The van der Waals surface area contributed by atoms with Crippen molar-refractivity contribution in [3.63, 3.8) is 0 Å². The van der Waals surface area contributed by atoms with Gasteiger partial charge in [0.05, 0.1) is 0 Å². The Morgan fingerprint density at radius 1 is 0.968 bits per heavy atom. The molecule has 31 heavy (non-hydrogen) atoms. The lowest BCUT2D eigenvalue weighted by Crippen LogP contribution is -2.51. The fraction of sp³-hybridized carbons (Fsp3) is 0.481. The molecule has 2 aromatic rings. The largest absolute Gasteiger partial charge is 0.352 e. The Hall–Kier alpha value is -2.62. The summed E-state index contributed by atoms with van der Waals surface area (Å²) in [6.45, 7) is 4.52. The van der Waals surface area contributed by atoms with Crippen LogP contribution in [-0.2, 0) is 22.6 Å². The highest BCUT2D eigenvalue weighted by molar-refractivity contribution is 5.88. The summed E-state index contributed by atoms with van der Waals surface area (Å²) in [6, 6.07) is 18.1. The summed E-state index contributed by atoms with van der Waals surface area (Å²) < 4.78 is 0. The molecule has 1 N–H and O–H groups in total. The standard InChI is InChI=1S/C27H36N2O2/c1-3-25(27(31)28-24-12-8-5-9-13-24)29(20-23-16-14-21(2)15-17-23)26(30)19-18-22-10-6-4-7-11-22/h4,6-7,10-11,14-17,24-25H,3,5,8-9,12-13,18-20H2,1-2H3,(H,28,31)/t25-/m1/s1. The topological polar surface area (TPSA) is 49.4 Å². The SMILES string of the molecule is CC[C@H](C(=O)NC1CCCCC1)N(Cc1ccc(C)cc1)C(=O)CCc1ccccc1. The molecule has 1 aliphatic carbocycles. The maximum atomic E-state index is 13.3. The van der Waals surface area contributed by atoms with Crippen LogP contribution in [0.1, 0.15) is 68.6 Å². The molecule has 1 fully saturated rings. The number of carbonyl (C=O) groups excluding carboxylic acids is 2. The molecule has 166 valence electrons. The van der Waals surface area contributed by atoms with Gasteiger partial charge in [-0.15, -0.1) is 0 Å². The number of nitrogens with one attached hydrogen (secondary N) is 1. The fourth-order valence-electron chi connectivity index (χ4n) is 4.39. The molecule has 0 unspecified atom stereocenters. The molecule has 2 amide bonds. The van der Waals surface area contributed by atoms with Crippen molar-refractivity contribution in [2.75, 3.05) is 0 Å². The van der Waals surface area contributed by atoms with Crippen LogP contribution in [-0.4, -0.2) is 28.8 Å². The van der Waals surface area contributed by atoms with E-state index in [2.05, 4.69) is 36.5 Å². The fourth-order valence-corrected chi connectivity index (χ4v) is 4.39. The lowest BCUT2D eigenvalue weighted by molar-refractivity contribution is -0.141. The number of benzene rings is 2. The van der Waals surface area contributed by atoms with Crippen LogP contribution in [0.25, 0.3) is 0 Å². The second-order valence-corrected chi connectivity index (χ2v) is 8.76. The molecule has 0 aromatic heterocycles. The molecule has 3 rings (SSSR count). The molecule has 4 nitrogen and oxygen atoms in total. The van der Waals surface area contributed by atoms with E-state index in [9.17, 15) is 9.59 Å². The van der Waals surface area contributed by atoms with E-state index in [0.717, 1.165) is 24.0 Å². The van der Waals surface area contributed by atoms with Crippen molar-refractivity contribution in [1.29, 1.82) is 0 Å². The Morgan fingerprint density at radius 2 is 1.65 bits per heavy atom. The van der Waals surface area contributed by atoms with E-state index in [4.69, 9.17) is 0 Å². The molecule has 0 spiro atoms. The van der Waals surface area contributed by atoms with Crippen molar-refractivity contribution in [2.24, 2.45) is 0 Å². The third-order valence-corrected chi connectivity index (χ3v) is 6.28. The van der Waals surface area contributed by atoms with Gasteiger partial charge in [0.15, 0.2) is 0 Å². The van der Waals surface area contributed by atoms with Gasteiger partial charge in [-0.2, -0.15) is 0 Å². The molecule has 0 radical (unpaired) electrons. The van der Waals surface area contributed by atoms with Crippen LogP contribution < -0.4 is 5.32 Å². The minimum Gasteiger partial charge on any atom is -0.352 e. The van der Waals surface area contributed by atoms with E-state index in [0.29, 0.717) is 25.8 Å². The number of nitrogens with zero attached hydrogens (tertiary/aromatic N) is 1. The highest BCUT2D eigenvalue weighted by Crippen LogP contribution is 2.20. The number of hydrogen-bond donors (Lipinski definition) is 1. The summed E-state index contributed by atoms with van der Waals surface area (Å²) in [5, 5.41) is 3.24. The first-order chi connectivity index (χ1) is 15.1. The zero-order valence-corrected chi connectivity index (χ0v) is 19.0. The van der Waals surface area contributed by atoms with Crippen molar-refractivity contribution in [3.05, 3.63) is 71.3 Å².